The SMILES string of the molecule is O=C(O)CC1CN(Cc2c(F)cccc2F)CCO1. The summed E-state index contributed by atoms with van der Waals surface area (Å²) in [6.07, 6.45) is -0.530. The van der Waals surface area contributed by atoms with E-state index in [1.54, 1.807) is 4.90 Å². The number of hydrogen-bond acceptors (Lipinski definition) is 3. The highest BCUT2D eigenvalue weighted by molar-refractivity contribution is 5.67. The lowest BCUT2D eigenvalue weighted by Gasteiger charge is -2.32. The van der Waals surface area contributed by atoms with Gasteiger partial charge in [0.25, 0.3) is 0 Å². The van der Waals surface area contributed by atoms with Gasteiger partial charge in [-0.2, -0.15) is 0 Å². The maximum Gasteiger partial charge on any atom is 0.306 e. The number of carboxylic acid groups (broad SMARTS) is 1. The largest absolute Gasteiger partial charge is 0.481 e. The highest BCUT2D eigenvalue weighted by Crippen LogP contribution is 2.17. The zero-order valence-electron chi connectivity index (χ0n) is 10.3. The Bertz CT molecular complexity index is 447. The molecule has 1 N–H and O–H groups in total. The van der Waals surface area contributed by atoms with Gasteiger partial charge in [-0.1, -0.05) is 6.07 Å². The number of halogens is 2. The van der Waals surface area contributed by atoms with Crippen molar-refractivity contribution >= 4 is 5.97 Å². The lowest BCUT2D eigenvalue weighted by molar-refractivity contribution is -0.142. The van der Waals surface area contributed by atoms with E-state index in [2.05, 4.69) is 0 Å². The molecule has 104 valence electrons. The molecule has 1 saturated heterocycles. The van der Waals surface area contributed by atoms with Crippen LogP contribution in [0.4, 0.5) is 8.78 Å². The topological polar surface area (TPSA) is 49.8 Å². The predicted octanol–water partition coefficient (Wildman–Crippen LogP) is 1.64. The molecule has 0 spiro atoms. The third kappa shape index (κ3) is 3.71. The molecule has 0 aromatic heterocycles. The number of rotatable bonds is 4. The summed E-state index contributed by atoms with van der Waals surface area (Å²) in [4.78, 5) is 12.4. The van der Waals surface area contributed by atoms with Gasteiger partial charge < -0.3 is 9.84 Å². The van der Waals surface area contributed by atoms with Crippen LogP contribution in [0.5, 0.6) is 0 Å². The van der Waals surface area contributed by atoms with Crippen LogP contribution in [0.2, 0.25) is 0 Å². The Morgan fingerprint density at radius 2 is 2.11 bits per heavy atom. The van der Waals surface area contributed by atoms with E-state index in [0.29, 0.717) is 19.7 Å². The predicted molar refractivity (Wildman–Crippen MR) is 63.6 cm³/mol. The molecule has 4 nitrogen and oxygen atoms in total. The normalized spacial score (nSPS) is 20.4. The smallest absolute Gasteiger partial charge is 0.306 e. The third-order valence-electron chi connectivity index (χ3n) is 3.07. The highest BCUT2D eigenvalue weighted by Gasteiger charge is 2.24. The molecule has 1 unspecified atom stereocenters. The molecule has 0 bridgehead atoms. The fourth-order valence-corrected chi connectivity index (χ4v) is 2.15. The molecule has 19 heavy (non-hydrogen) atoms. The van der Waals surface area contributed by atoms with E-state index < -0.39 is 23.7 Å². The van der Waals surface area contributed by atoms with Crippen LogP contribution < -0.4 is 0 Å². The van der Waals surface area contributed by atoms with Crippen LogP contribution in [0, 0.1) is 11.6 Å². The van der Waals surface area contributed by atoms with Crippen molar-refractivity contribution < 1.29 is 23.4 Å². The summed E-state index contributed by atoms with van der Waals surface area (Å²) in [7, 11) is 0. The first-order valence-corrected chi connectivity index (χ1v) is 6.05. The van der Waals surface area contributed by atoms with Crippen molar-refractivity contribution in [2.24, 2.45) is 0 Å². The first-order chi connectivity index (χ1) is 9.06. The molecule has 1 aromatic rings. The van der Waals surface area contributed by atoms with Crippen LogP contribution in [0.3, 0.4) is 0 Å². The van der Waals surface area contributed by atoms with Gasteiger partial charge in [-0.05, 0) is 12.1 Å². The van der Waals surface area contributed by atoms with E-state index in [0.717, 1.165) is 0 Å². The van der Waals surface area contributed by atoms with E-state index in [4.69, 9.17) is 9.84 Å². The third-order valence-corrected chi connectivity index (χ3v) is 3.07. The van der Waals surface area contributed by atoms with Gasteiger partial charge in [0.1, 0.15) is 11.6 Å². The minimum absolute atomic E-state index is 0.0125. The average Bonchev–Trinajstić information content (AvgIpc) is 2.34. The van der Waals surface area contributed by atoms with E-state index in [-0.39, 0.29) is 18.5 Å². The zero-order chi connectivity index (χ0) is 13.8. The van der Waals surface area contributed by atoms with Crippen molar-refractivity contribution in [2.75, 3.05) is 19.7 Å². The van der Waals surface area contributed by atoms with Crippen molar-refractivity contribution in [3.8, 4) is 0 Å². The van der Waals surface area contributed by atoms with Crippen molar-refractivity contribution in [2.45, 2.75) is 19.1 Å². The molecule has 1 aliphatic rings. The molecule has 0 amide bonds. The summed E-state index contributed by atoms with van der Waals surface area (Å²) in [6.45, 7) is 1.38. The number of carboxylic acids is 1. The van der Waals surface area contributed by atoms with Gasteiger partial charge in [0.15, 0.2) is 0 Å². The minimum atomic E-state index is -0.941. The van der Waals surface area contributed by atoms with E-state index in [1.807, 2.05) is 0 Å². The van der Waals surface area contributed by atoms with Crippen LogP contribution in [-0.2, 0) is 16.1 Å². The number of nitrogens with zero attached hydrogens (tertiary/aromatic N) is 1. The van der Waals surface area contributed by atoms with Gasteiger partial charge in [-0.3, -0.25) is 9.69 Å². The number of hydrogen-bond donors (Lipinski definition) is 1. The van der Waals surface area contributed by atoms with Crippen molar-refractivity contribution in [1.29, 1.82) is 0 Å². The number of ether oxygens (including phenoxy) is 1. The van der Waals surface area contributed by atoms with Gasteiger partial charge in [0.05, 0.1) is 19.1 Å². The van der Waals surface area contributed by atoms with Crippen molar-refractivity contribution in [3.05, 3.63) is 35.4 Å². The Morgan fingerprint density at radius 3 is 2.74 bits per heavy atom. The lowest BCUT2D eigenvalue weighted by Crippen LogP contribution is -2.43. The standard InChI is InChI=1S/C13H15F2NO3/c14-11-2-1-3-12(15)10(11)8-16-4-5-19-9(7-16)6-13(17)18/h1-3,9H,4-8H2,(H,17,18). The van der Waals surface area contributed by atoms with Crippen LogP contribution in [0.25, 0.3) is 0 Å². The maximum atomic E-state index is 13.5. The van der Waals surface area contributed by atoms with Crippen LogP contribution in [-0.4, -0.2) is 41.8 Å². The summed E-state index contributed by atoms with van der Waals surface area (Å²) < 4.78 is 32.3. The number of carbonyl (C=O) groups is 1. The van der Waals surface area contributed by atoms with E-state index >= 15 is 0 Å². The van der Waals surface area contributed by atoms with Gasteiger partial charge in [-0.15, -0.1) is 0 Å². The summed E-state index contributed by atoms with van der Waals surface area (Å²) in [6, 6.07) is 3.75. The Morgan fingerprint density at radius 1 is 1.42 bits per heavy atom. The fraction of sp³-hybridized carbons (Fsp3) is 0.462. The highest BCUT2D eigenvalue weighted by atomic mass is 19.1. The molecular weight excluding hydrogens is 256 g/mol. The van der Waals surface area contributed by atoms with Crippen molar-refractivity contribution in [3.63, 3.8) is 0 Å². The molecule has 2 rings (SSSR count). The second-order valence-electron chi connectivity index (χ2n) is 4.53. The Balaban J connectivity index is 2.01. The van der Waals surface area contributed by atoms with Gasteiger partial charge in [-0.25, -0.2) is 8.78 Å². The molecule has 1 heterocycles. The van der Waals surface area contributed by atoms with Crippen LogP contribution in [0.15, 0.2) is 18.2 Å². The Hall–Kier alpha value is -1.53. The van der Waals surface area contributed by atoms with Gasteiger partial charge in [0, 0.05) is 25.2 Å². The zero-order valence-corrected chi connectivity index (χ0v) is 10.3. The van der Waals surface area contributed by atoms with E-state index in [1.165, 1.54) is 18.2 Å². The fourth-order valence-electron chi connectivity index (χ4n) is 2.15. The van der Waals surface area contributed by atoms with Crippen LogP contribution >= 0.6 is 0 Å². The summed E-state index contributed by atoms with van der Waals surface area (Å²) >= 11 is 0. The lowest BCUT2D eigenvalue weighted by atomic mass is 10.1. The second-order valence-corrected chi connectivity index (χ2v) is 4.53. The molecule has 1 aliphatic heterocycles. The summed E-state index contributed by atoms with van der Waals surface area (Å²) in [5.74, 6) is -2.11. The van der Waals surface area contributed by atoms with Crippen molar-refractivity contribution in [1.82, 2.24) is 4.90 Å². The number of benzene rings is 1. The van der Waals surface area contributed by atoms with Crippen LogP contribution in [0.1, 0.15) is 12.0 Å². The molecule has 0 aliphatic carbocycles. The summed E-state index contributed by atoms with van der Waals surface area (Å²) in [5.41, 5.74) is 0.0125. The Labute approximate surface area is 109 Å². The first kappa shape index (κ1) is 13.9. The second kappa shape index (κ2) is 6.08. The molecule has 0 saturated carbocycles. The number of aliphatic carboxylic acids is 1. The quantitative estimate of drug-likeness (QED) is 0.904. The maximum absolute atomic E-state index is 13.5. The average molecular weight is 271 g/mol. The molecular formula is C13H15F2NO3. The summed E-state index contributed by atoms with van der Waals surface area (Å²) in [5, 5.41) is 8.71. The Kier molecular flexibility index (Phi) is 4.44. The first-order valence-electron chi connectivity index (χ1n) is 6.05. The molecule has 1 aromatic carbocycles. The molecule has 6 heteroatoms. The molecule has 1 atom stereocenters. The minimum Gasteiger partial charge on any atom is -0.481 e. The monoisotopic (exact) mass is 271 g/mol. The van der Waals surface area contributed by atoms with Gasteiger partial charge in [0.2, 0.25) is 0 Å². The molecule has 0 radical (unpaired) electrons. The number of morpholine rings is 1. The van der Waals surface area contributed by atoms with Gasteiger partial charge >= 0.3 is 5.97 Å². The van der Waals surface area contributed by atoms with E-state index in [9.17, 15) is 13.6 Å². The molecule has 1 fully saturated rings.